The SMILES string of the molecule is CCC(NC)c1ccc(OC2CCOC2)cn1. The van der Waals surface area contributed by atoms with Crippen LogP contribution in [0, 0.1) is 0 Å². The van der Waals surface area contributed by atoms with Crippen LogP contribution in [0.5, 0.6) is 5.75 Å². The third-order valence-electron chi connectivity index (χ3n) is 3.06. The first-order valence-electron chi connectivity index (χ1n) is 6.21. The lowest BCUT2D eigenvalue weighted by molar-refractivity contribution is 0.141. The molecule has 1 aromatic heterocycles. The van der Waals surface area contributed by atoms with Crippen molar-refractivity contribution in [1.82, 2.24) is 10.3 Å². The fourth-order valence-electron chi connectivity index (χ4n) is 2.03. The van der Waals surface area contributed by atoms with Crippen LogP contribution in [0.15, 0.2) is 18.3 Å². The number of aromatic nitrogens is 1. The molecule has 1 fully saturated rings. The van der Waals surface area contributed by atoms with Crippen LogP contribution in [0.2, 0.25) is 0 Å². The van der Waals surface area contributed by atoms with E-state index in [9.17, 15) is 0 Å². The smallest absolute Gasteiger partial charge is 0.138 e. The van der Waals surface area contributed by atoms with E-state index < -0.39 is 0 Å². The molecular formula is C13H20N2O2. The summed E-state index contributed by atoms with van der Waals surface area (Å²) in [4.78, 5) is 4.43. The minimum absolute atomic E-state index is 0.189. The van der Waals surface area contributed by atoms with E-state index in [1.165, 1.54) is 0 Å². The van der Waals surface area contributed by atoms with Gasteiger partial charge in [-0.3, -0.25) is 4.98 Å². The van der Waals surface area contributed by atoms with Crippen LogP contribution in [0.1, 0.15) is 31.5 Å². The third-order valence-corrected chi connectivity index (χ3v) is 3.06. The maximum atomic E-state index is 5.77. The Hall–Kier alpha value is -1.13. The average Bonchev–Trinajstić information content (AvgIpc) is 2.86. The third kappa shape index (κ3) is 3.17. The van der Waals surface area contributed by atoms with E-state index in [4.69, 9.17) is 9.47 Å². The molecule has 1 aliphatic rings. The molecule has 2 heterocycles. The summed E-state index contributed by atoms with van der Waals surface area (Å²) in [7, 11) is 1.95. The average molecular weight is 236 g/mol. The zero-order valence-electron chi connectivity index (χ0n) is 10.5. The summed E-state index contributed by atoms with van der Waals surface area (Å²) in [5.74, 6) is 0.829. The van der Waals surface area contributed by atoms with Gasteiger partial charge in [0.15, 0.2) is 0 Å². The van der Waals surface area contributed by atoms with Crippen LogP contribution < -0.4 is 10.1 Å². The van der Waals surface area contributed by atoms with Crippen molar-refractivity contribution >= 4 is 0 Å². The van der Waals surface area contributed by atoms with Crippen molar-refractivity contribution in [2.45, 2.75) is 31.9 Å². The van der Waals surface area contributed by atoms with Crippen LogP contribution >= 0.6 is 0 Å². The van der Waals surface area contributed by atoms with Crippen LogP contribution in [-0.2, 0) is 4.74 Å². The first-order valence-corrected chi connectivity index (χ1v) is 6.21. The van der Waals surface area contributed by atoms with E-state index >= 15 is 0 Å². The normalized spacial score (nSPS) is 21.4. The summed E-state index contributed by atoms with van der Waals surface area (Å²) in [5.41, 5.74) is 1.06. The predicted molar refractivity (Wildman–Crippen MR) is 66.2 cm³/mol. The van der Waals surface area contributed by atoms with Gasteiger partial charge in [0.2, 0.25) is 0 Å². The molecule has 0 radical (unpaired) electrons. The van der Waals surface area contributed by atoms with E-state index in [1.54, 1.807) is 6.20 Å². The first kappa shape index (κ1) is 12.3. The Labute approximate surface area is 102 Å². The van der Waals surface area contributed by atoms with Gasteiger partial charge >= 0.3 is 0 Å². The van der Waals surface area contributed by atoms with E-state index in [0.29, 0.717) is 12.6 Å². The predicted octanol–water partition coefficient (Wildman–Crippen LogP) is 1.92. The molecule has 1 saturated heterocycles. The van der Waals surface area contributed by atoms with Gasteiger partial charge in [0.25, 0.3) is 0 Å². The summed E-state index contributed by atoms with van der Waals surface area (Å²) < 4.78 is 11.0. The standard InChI is InChI=1S/C13H20N2O2/c1-3-12(14-2)13-5-4-10(8-15-13)17-11-6-7-16-9-11/h4-5,8,11-12,14H,3,6-7,9H2,1-2H3. The Kier molecular flexibility index (Phi) is 4.34. The van der Waals surface area contributed by atoms with Crippen LogP contribution in [0.3, 0.4) is 0 Å². The number of pyridine rings is 1. The number of hydrogen-bond acceptors (Lipinski definition) is 4. The molecule has 2 unspecified atom stereocenters. The fourth-order valence-corrected chi connectivity index (χ4v) is 2.03. The van der Waals surface area contributed by atoms with E-state index in [0.717, 1.165) is 30.9 Å². The quantitative estimate of drug-likeness (QED) is 0.848. The number of hydrogen-bond donors (Lipinski definition) is 1. The molecule has 0 bridgehead atoms. The molecule has 4 heteroatoms. The van der Waals surface area contributed by atoms with Gasteiger partial charge < -0.3 is 14.8 Å². The lowest BCUT2D eigenvalue weighted by Gasteiger charge is -2.15. The van der Waals surface area contributed by atoms with E-state index in [-0.39, 0.29) is 6.10 Å². The largest absolute Gasteiger partial charge is 0.486 e. The topological polar surface area (TPSA) is 43.4 Å². The molecule has 0 aliphatic carbocycles. The highest BCUT2D eigenvalue weighted by Gasteiger charge is 2.17. The van der Waals surface area contributed by atoms with Gasteiger partial charge in [-0.25, -0.2) is 0 Å². The Morgan fingerprint density at radius 3 is 3.00 bits per heavy atom. The highest BCUT2D eigenvalue weighted by atomic mass is 16.5. The molecule has 2 atom stereocenters. The summed E-state index contributed by atoms with van der Waals surface area (Å²) >= 11 is 0. The summed E-state index contributed by atoms with van der Waals surface area (Å²) in [6.45, 7) is 3.63. The molecule has 94 valence electrons. The van der Waals surface area contributed by atoms with Gasteiger partial charge in [-0.1, -0.05) is 6.92 Å². The van der Waals surface area contributed by atoms with Crippen molar-refractivity contribution in [3.8, 4) is 5.75 Å². The Bertz CT molecular complexity index is 330. The number of nitrogens with one attached hydrogen (secondary N) is 1. The maximum absolute atomic E-state index is 5.77. The molecule has 4 nitrogen and oxygen atoms in total. The Morgan fingerprint density at radius 1 is 1.59 bits per heavy atom. The summed E-state index contributed by atoms with van der Waals surface area (Å²) in [6, 6.07) is 4.33. The van der Waals surface area contributed by atoms with Crippen LogP contribution in [0.4, 0.5) is 0 Å². The molecular weight excluding hydrogens is 216 g/mol. The lowest BCUT2D eigenvalue weighted by Crippen LogP contribution is -2.18. The van der Waals surface area contributed by atoms with Gasteiger partial charge in [0.05, 0.1) is 25.1 Å². The van der Waals surface area contributed by atoms with Crippen molar-refractivity contribution in [1.29, 1.82) is 0 Å². The molecule has 0 amide bonds. The van der Waals surface area contributed by atoms with Crippen LogP contribution in [0.25, 0.3) is 0 Å². The number of rotatable bonds is 5. The van der Waals surface area contributed by atoms with Gasteiger partial charge in [0, 0.05) is 12.5 Å². The number of nitrogens with zero attached hydrogens (tertiary/aromatic N) is 1. The van der Waals surface area contributed by atoms with Crippen molar-refractivity contribution < 1.29 is 9.47 Å². The van der Waals surface area contributed by atoms with Crippen molar-refractivity contribution in [3.05, 3.63) is 24.0 Å². The van der Waals surface area contributed by atoms with Gasteiger partial charge in [-0.2, -0.15) is 0 Å². The Balaban J connectivity index is 1.96. The highest BCUT2D eigenvalue weighted by Crippen LogP contribution is 2.19. The number of ether oxygens (including phenoxy) is 2. The second kappa shape index (κ2) is 5.98. The molecule has 0 aromatic carbocycles. The molecule has 1 aliphatic heterocycles. The van der Waals surface area contributed by atoms with E-state index in [1.807, 2.05) is 19.2 Å². The van der Waals surface area contributed by atoms with Gasteiger partial charge in [-0.05, 0) is 25.6 Å². The maximum Gasteiger partial charge on any atom is 0.138 e. The fraction of sp³-hybridized carbons (Fsp3) is 0.615. The van der Waals surface area contributed by atoms with Crippen LogP contribution in [-0.4, -0.2) is 31.3 Å². The summed E-state index contributed by atoms with van der Waals surface area (Å²) in [5, 5.41) is 3.24. The first-order chi connectivity index (χ1) is 8.33. The lowest BCUT2D eigenvalue weighted by atomic mass is 10.1. The summed E-state index contributed by atoms with van der Waals surface area (Å²) in [6.07, 6.45) is 3.98. The van der Waals surface area contributed by atoms with Crippen molar-refractivity contribution in [2.24, 2.45) is 0 Å². The van der Waals surface area contributed by atoms with Gasteiger partial charge in [-0.15, -0.1) is 0 Å². The van der Waals surface area contributed by atoms with Crippen molar-refractivity contribution in [3.63, 3.8) is 0 Å². The zero-order valence-corrected chi connectivity index (χ0v) is 10.5. The molecule has 1 N–H and O–H groups in total. The Morgan fingerprint density at radius 2 is 2.47 bits per heavy atom. The molecule has 1 aromatic rings. The minimum Gasteiger partial charge on any atom is -0.486 e. The second-order valence-electron chi connectivity index (χ2n) is 4.27. The highest BCUT2D eigenvalue weighted by molar-refractivity contribution is 5.21. The minimum atomic E-state index is 0.189. The van der Waals surface area contributed by atoms with Gasteiger partial charge in [0.1, 0.15) is 11.9 Å². The van der Waals surface area contributed by atoms with E-state index in [2.05, 4.69) is 17.2 Å². The molecule has 2 rings (SSSR count). The second-order valence-corrected chi connectivity index (χ2v) is 4.27. The molecule has 17 heavy (non-hydrogen) atoms. The van der Waals surface area contributed by atoms with Crippen molar-refractivity contribution in [2.75, 3.05) is 20.3 Å². The monoisotopic (exact) mass is 236 g/mol. The molecule has 0 saturated carbocycles. The zero-order chi connectivity index (χ0) is 12.1. The molecule has 0 spiro atoms.